The van der Waals surface area contributed by atoms with E-state index in [2.05, 4.69) is 4.90 Å². The number of hydrogen-bond acceptors (Lipinski definition) is 3. The van der Waals surface area contributed by atoms with Crippen LogP contribution in [-0.2, 0) is 6.54 Å². The Morgan fingerprint density at radius 3 is 2.72 bits per heavy atom. The van der Waals surface area contributed by atoms with E-state index in [9.17, 15) is 9.50 Å². The summed E-state index contributed by atoms with van der Waals surface area (Å²) in [6.45, 7) is 2.05. The molecule has 0 aromatic heterocycles. The predicted octanol–water partition coefficient (Wildman–Crippen LogP) is 1.59. The highest BCUT2D eigenvalue weighted by molar-refractivity contribution is 6.31. The Hall–Kier alpha value is -0.680. The molecule has 0 unspecified atom stereocenters. The fourth-order valence-electron chi connectivity index (χ4n) is 2.37. The van der Waals surface area contributed by atoms with Crippen LogP contribution in [-0.4, -0.2) is 54.2 Å². The zero-order valence-corrected chi connectivity index (χ0v) is 11.4. The number of likely N-dealkylation sites (tertiary alicyclic amines) is 1. The number of β-amino-alcohol motifs (C(OH)–C–C–N with tert-alkyl or cyclic N) is 1. The molecule has 0 spiro atoms. The minimum atomic E-state index is -0.348. The highest BCUT2D eigenvalue weighted by Crippen LogP contribution is 2.22. The Labute approximate surface area is 112 Å². The number of halogens is 2. The van der Waals surface area contributed by atoms with Gasteiger partial charge in [-0.05, 0) is 31.8 Å². The maximum Gasteiger partial charge on any atom is 0.124 e. The molecule has 1 heterocycles. The Balaban J connectivity index is 2.03. The Bertz CT molecular complexity index is 427. The average molecular weight is 273 g/mol. The van der Waals surface area contributed by atoms with E-state index in [1.165, 1.54) is 12.1 Å². The van der Waals surface area contributed by atoms with Crippen molar-refractivity contribution in [2.24, 2.45) is 0 Å². The van der Waals surface area contributed by atoms with Crippen LogP contribution >= 0.6 is 11.6 Å². The fourth-order valence-corrected chi connectivity index (χ4v) is 2.60. The van der Waals surface area contributed by atoms with E-state index in [1.54, 1.807) is 6.07 Å². The van der Waals surface area contributed by atoms with Crippen molar-refractivity contribution in [2.75, 3.05) is 27.2 Å². The molecule has 0 radical (unpaired) electrons. The molecule has 2 rings (SSSR count). The first-order chi connectivity index (χ1) is 8.47. The lowest BCUT2D eigenvalue weighted by atomic mass is 10.2. The van der Waals surface area contributed by atoms with Crippen molar-refractivity contribution in [2.45, 2.75) is 18.7 Å². The summed E-state index contributed by atoms with van der Waals surface area (Å²) in [6, 6.07) is 4.58. The minimum Gasteiger partial charge on any atom is -0.390 e. The third-order valence-corrected chi connectivity index (χ3v) is 3.76. The third-order valence-electron chi connectivity index (χ3n) is 3.41. The molecular formula is C13H18ClFN2O. The van der Waals surface area contributed by atoms with Gasteiger partial charge in [-0.25, -0.2) is 4.39 Å². The second kappa shape index (κ2) is 5.53. The number of benzene rings is 1. The van der Waals surface area contributed by atoms with Gasteiger partial charge in [-0.3, -0.25) is 4.90 Å². The summed E-state index contributed by atoms with van der Waals surface area (Å²) < 4.78 is 12.9. The highest BCUT2D eigenvalue weighted by atomic mass is 35.5. The lowest BCUT2D eigenvalue weighted by molar-refractivity contribution is 0.112. The average Bonchev–Trinajstić information content (AvgIpc) is 2.64. The van der Waals surface area contributed by atoms with Gasteiger partial charge in [0, 0.05) is 30.7 Å². The topological polar surface area (TPSA) is 26.7 Å². The zero-order chi connectivity index (χ0) is 13.3. The standard InChI is InChI=1S/C13H18ClFN2O/c1-16(2)12-7-17(8-13(12)18)6-9-3-4-10(15)5-11(9)14/h3-5,12-13,18H,6-8H2,1-2H3/t12-,13-/m1/s1. The zero-order valence-electron chi connectivity index (χ0n) is 10.6. The molecule has 0 bridgehead atoms. The first kappa shape index (κ1) is 13.7. The lowest BCUT2D eigenvalue weighted by Gasteiger charge is -2.21. The molecule has 18 heavy (non-hydrogen) atoms. The van der Waals surface area contributed by atoms with Gasteiger partial charge in [-0.2, -0.15) is 0 Å². The van der Waals surface area contributed by atoms with Crippen molar-refractivity contribution in [3.8, 4) is 0 Å². The summed E-state index contributed by atoms with van der Waals surface area (Å²) in [4.78, 5) is 4.16. The molecule has 0 aliphatic carbocycles. The predicted molar refractivity (Wildman–Crippen MR) is 70.2 cm³/mol. The van der Waals surface area contributed by atoms with Crippen LogP contribution < -0.4 is 0 Å². The molecule has 0 amide bonds. The maximum absolute atomic E-state index is 12.9. The van der Waals surface area contributed by atoms with E-state index in [0.717, 1.165) is 12.1 Å². The van der Waals surface area contributed by atoms with Crippen molar-refractivity contribution in [3.63, 3.8) is 0 Å². The van der Waals surface area contributed by atoms with Gasteiger partial charge in [0.2, 0.25) is 0 Å². The van der Waals surface area contributed by atoms with Crippen LogP contribution in [0.15, 0.2) is 18.2 Å². The summed E-state index contributed by atoms with van der Waals surface area (Å²) in [5.41, 5.74) is 0.893. The minimum absolute atomic E-state index is 0.143. The Morgan fingerprint density at radius 1 is 1.44 bits per heavy atom. The molecule has 1 aromatic rings. The fraction of sp³-hybridized carbons (Fsp3) is 0.538. The lowest BCUT2D eigenvalue weighted by Crippen LogP contribution is -2.37. The van der Waals surface area contributed by atoms with E-state index in [-0.39, 0.29) is 18.0 Å². The van der Waals surface area contributed by atoms with Crippen LogP contribution in [0.3, 0.4) is 0 Å². The third kappa shape index (κ3) is 3.01. The van der Waals surface area contributed by atoms with Gasteiger partial charge in [0.15, 0.2) is 0 Å². The smallest absolute Gasteiger partial charge is 0.124 e. The molecule has 100 valence electrons. The van der Waals surface area contributed by atoms with Gasteiger partial charge in [-0.1, -0.05) is 17.7 Å². The van der Waals surface area contributed by atoms with Crippen LogP contribution in [0, 0.1) is 5.82 Å². The van der Waals surface area contributed by atoms with Crippen molar-refractivity contribution >= 4 is 11.6 Å². The second-order valence-electron chi connectivity index (χ2n) is 5.03. The molecule has 1 N–H and O–H groups in total. The van der Waals surface area contributed by atoms with Gasteiger partial charge >= 0.3 is 0 Å². The summed E-state index contributed by atoms with van der Waals surface area (Å²) in [5.74, 6) is -0.323. The molecule has 1 aromatic carbocycles. The number of aliphatic hydroxyl groups is 1. The van der Waals surface area contributed by atoms with Crippen LogP contribution in [0.25, 0.3) is 0 Å². The number of aliphatic hydroxyl groups excluding tert-OH is 1. The normalized spacial score (nSPS) is 25.0. The first-order valence-corrected chi connectivity index (χ1v) is 6.36. The molecule has 1 saturated heterocycles. The molecule has 0 saturated carbocycles. The first-order valence-electron chi connectivity index (χ1n) is 5.98. The van der Waals surface area contributed by atoms with E-state index < -0.39 is 0 Å². The second-order valence-corrected chi connectivity index (χ2v) is 5.44. The Kier molecular flexibility index (Phi) is 4.22. The summed E-state index contributed by atoms with van der Waals surface area (Å²) in [7, 11) is 3.92. The molecule has 1 fully saturated rings. The largest absolute Gasteiger partial charge is 0.390 e. The molecule has 3 nitrogen and oxygen atoms in total. The van der Waals surface area contributed by atoms with Gasteiger partial charge in [0.1, 0.15) is 5.82 Å². The Morgan fingerprint density at radius 2 is 2.17 bits per heavy atom. The quantitative estimate of drug-likeness (QED) is 0.905. The van der Waals surface area contributed by atoms with E-state index in [1.807, 2.05) is 19.0 Å². The maximum atomic E-state index is 12.9. The van der Waals surface area contributed by atoms with Crippen molar-refractivity contribution in [1.82, 2.24) is 9.80 Å². The van der Waals surface area contributed by atoms with Crippen LogP contribution in [0.2, 0.25) is 5.02 Å². The van der Waals surface area contributed by atoms with Crippen molar-refractivity contribution < 1.29 is 9.50 Å². The van der Waals surface area contributed by atoms with Crippen LogP contribution in [0.4, 0.5) is 4.39 Å². The molecule has 5 heteroatoms. The van der Waals surface area contributed by atoms with E-state index in [0.29, 0.717) is 18.1 Å². The molecule has 2 atom stereocenters. The van der Waals surface area contributed by atoms with Gasteiger partial charge in [-0.15, -0.1) is 0 Å². The number of nitrogens with zero attached hydrogens (tertiary/aromatic N) is 2. The van der Waals surface area contributed by atoms with Gasteiger partial charge in [0.05, 0.1) is 6.10 Å². The summed E-state index contributed by atoms with van der Waals surface area (Å²) in [5, 5.41) is 10.4. The monoisotopic (exact) mass is 272 g/mol. The summed E-state index contributed by atoms with van der Waals surface area (Å²) in [6.07, 6.45) is -0.348. The van der Waals surface area contributed by atoms with Gasteiger partial charge in [0.25, 0.3) is 0 Å². The van der Waals surface area contributed by atoms with Crippen molar-refractivity contribution in [1.29, 1.82) is 0 Å². The van der Waals surface area contributed by atoms with Crippen LogP contribution in [0.5, 0.6) is 0 Å². The molecule has 1 aliphatic heterocycles. The number of hydrogen-bond donors (Lipinski definition) is 1. The number of rotatable bonds is 3. The van der Waals surface area contributed by atoms with Crippen molar-refractivity contribution in [3.05, 3.63) is 34.6 Å². The molecular weight excluding hydrogens is 255 g/mol. The SMILES string of the molecule is CN(C)[C@@H]1CN(Cc2ccc(F)cc2Cl)C[C@H]1O. The van der Waals surface area contributed by atoms with Crippen LogP contribution in [0.1, 0.15) is 5.56 Å². The number of likely N-dealkylation sites (N-methyl/N-ethyl adjacent to an activating group) is 1. The van der Waals surface area contributed by atoms with Gasteiger partial charge < -0.3 is 10.0 Å². The van der Waals surface area contributed by atoms with E-state index >= 15 is 0 Å². The molecule has 1 aliphatic rings. The summed E-state index contributed by atoms with van der Waals surface area (Å²) >= 11 is 6.00. The highest BCUT2D eigenvalue weighted by Gasteiger charge is 2.32. The van der Waals surface area contributed by atoms with E-state index in [4.69, 9.17) is 11.6 Å².